The number of carbonyl (C=O) groups is 5. The standard InChI is InChI=1S/C25H40N4O6/c1-24(2,3)22(33)27(5)15-16-28(6)23(34)35-18-9-7-8-13-25(4,14-12-18)21(32)26-17-29-19(30)10-11-20(29)31/h7,9,18H,8,10-17H2,1-6H3,(H,26,32)/b9-7+/t18-,25+/m0/s1. The van der Waals surface area contributed by atoms with Crippen LogP contribution < -0.4 is 5.32 Å². The number of amides is 5. The number of allylic oxidation sites excluding steroid dienone is 1. The van der Waals surface area contributed by atoms with Crippen molar-refractivity contribution in [1.29, 1.82) is 0 Å². The molecule has 0 aromatic heterocycles. The first-order chi connectivity index (χ1) is 16.2. The van der Waals surface area contributed by atoms with Gasteiger partial charge in [-0.25, -0.2) is 4.79 Å². The van der Waals surface area contributed by atoms with E-state index >= 15 is 0 Å². The van der Waals surface area contributed by atoms with E-state index in [0.29, 0.717) is 38.8 Å². The van der Waals surface area contributed by atoms with Crippen molar-refractivity contribution in [3.8, 4) is 0 Å². The van der Waals surface area contributed by atoms with Crippen LogP contribution >= 0.6 is 0 Å². The van der Waals surface area contributed by atoms with Crippen molar-refractivity contribution >= 4 is 29.7 Å². The fourth-order valence-corrected chi connectivity index (χ4v) is 4.11. The molecule has 5 amide bonds. The number of hydrogen-bond acceptors (Lipinski definition) is 6. The number of imide groups is 1. The average Bonchev–Trinajstić information content (AvgIpc) is 3.10. The third-order valence-electron chi connectivity index (χ3n) is 6.62. The second kappa shape index (κ2) is 11.7. The topological polar surface area (TPSA) is 116 Å². The zero-order valence-corrected chi connectivity index (χ0v) is 21.9. The molecular weight excluding hydrogens is 452 g/mol. The minimum atomic E-state index is -0.719. The van der Waals surface area contributed by atoms with Crippen molar-refractivity contribution in [2.24, 2.45) is 10.8 Å². The molecule has 1 N–H and O–H groups in total. The van der Waals surface area contributed by atoms with E-state index in [0.717, 1.165) is 4.90 Å². The highest BCUT2D eigenvalue weighted by molar-refractivity contribution is 6.02. The molecule has 1 aliphatic carbocycles. The largest absolute Gasteiger partial charge is 0.442 e. The minimum absolute atomic E-state index is 0.00163. The van der Waals surface area contributed by atoms with Gasteiger partial charge in [0.1, 0.15) is 12.8 Å². The highest BCUT2D eigenvalue weighted by Crippen LogP contribution is 2.33. The van der Waals surface area contributed by atoms with Crippen LogP contribution in [-0.2, 0) is 23.9 Å². The average molecular weight is 493 g/mol. The molecule has 10 nitrogen and oxygen atoms in total. The first kappa shape index (κ1) is 28.3. The summed E-state index contributed by atoms with van der Waals surface area (Å²) >= 11 is 0. The molecule has 1 fully saturated rings. The number of carbonyl (C=O) groups excluding carboxylic acids is 5. The van der Waals surface area contributed by atoms with Crippen molar-refractivity contribution in [2.75, 3.05) is 33.9 Å². The molecule has 1 heterocycles. The van der Waals surface area contributed by atoms with Crippen LogP contribution in [0, 0.1) is 10.8 Å². The summed E-state index contributed by atoms with van der Waals surface area (Å²) in [6, 6.07) is 0. The Labute approximate surface area is 208 Å². The Hall–Kier alpha value is -2.91. The van der Waals surface area contributed by atoms with Gasteiger partial charge in [0.05, 0.1) is 0 Å². The summed E-state index contributed by atoms with van der Waals surface area (Å²) in [7, 11) is 3.34. The van der Waals surface area contributed by atoms with Crippen molar-refractivity contribution in [3.63, 3.8) is 0 Å². The van der Waals surface area contributed by atoms with E-state index in [2.05, 4.69) is 5.32 Å². The van der Waals surface area contributed by atoms with Gasteiger partial charge < -0.3 is 19.9 Å². The molecule has 0 saturated carbocycles. The van der Waals surface area contributed by atoms with Crippen LogP contribution in [0.15, 0.2) is 12.2 Å². The molecule has 2 atom stereocenters. The Morgan fingerprint density at radius 1 is 1.09 bits per heavy atom. The lowest BCUT2D eigenvalue weighted by Gasteiger charge is -2.32. The van der Waals surface area contributed by atoms with E-state index in [4.69, 9.17) is 4.74 Å². The van der Waals surface area contributed by atoms with Gasteiger partial charge in [0.15, 0.2) is 0 Å². The number of likely N-dealkylation sites (N-methyl/N-ethyl adjacent to an activating group) is 2. The molecule has 0 aromatic rings. The van der Waals surface area contributed by atoms with Gasteiger partial charge in [0, 0.05) is 50.9 Å². The van der Waals surface area contributed by atoms with Gasteiger partial charge in [-0.15, -0.1) is 0 Å². The van der Waals surface area contributed by atoms with E-state index in [-0.39, 0.29) is 43.1 Å². The van der Waals surface area contributed by atoms with Gasteiger partial charge in [-0.3, -0.25) is 24.1 Å². The van der Waals surface area contributed by atoms with Crippen LogP contribution in [0.25, 0.3) is 0 Å². The van der Waals surface area contributed by atoms with E-state index in [1.807, 2.05) is 39.8 Å². The number of ether oxygens (including phenoxy) is 1. The highest BCUT2D eigenvalue weighted by Gasteiger charge is 2.36. The van der Waals surface area contributed by atoms with E-state index in [9.17, 15) is 24.0 Å². The fraction of sp³-hybridized carbons (Fsp3) is 0.720. The predicted molar refractivity (Wildman–Crippen MR) is 130 cm³/mol. The molecule has 0 radical (unpaired) electrons. The number of hydrogen-bond donors (Lipinski definition) is 1. The molecule has 35 heavy (non-hydrogen) atoms. The lowest BCUT2D eigenvalue weighted by molar-refractivity contribution is -0.141. The van der Waals surface area contributed by atoms with Gasteiger partial charge >= 0.3 is 6.09 Å². The fourth-order valence-electron chi connectivity index (χ4n) is 4.11. The Morgan fingerprint density at radius 3 is 2.29 bits per heavy atom. The monoisotopic (exact) mass is 492 g/mol. The van der Waals surface area contributed by atoms with Gasteiger partial charge in [-0.05, 0) is 31.8 Å². The predicted octanol–water partition coefficient (Wildman–Crippen LogP) is 2.29. The summed E-state index contributed by atoms with van der Waals surface area (Å²) in [5, 5.41) is 2.74. The van der Waals surface area contributed by atoms with E-state index in [1.54, 1.807) is 19.0 Å². The maximum Gasteiger partial charge on any atom is 0.410 e. The van der Waals surface area contributed by atoms with Crippen LogP contribution in [0.1, 0.15) is 66.2 Å². The maximum absolute atomic E-state index is 12.9. The number of nitrogens with zero attached hydrogens (tertiary/aromatic N) is 3. The Balaban J connectivity index is 1.86. The smallest absolute Gasteiger partial charge is 0.410 e. The zero-order chi connectivity index (χ0) is 26.4. The van der Waals surface area contributed by atoms with Crippen molar-refractivity contribution in [2.45, 2.75) is 72.3 Å². The van der Waals surface area contributed by atoms with Crippen molar-refractivity contribution in [1.82, 2.24) is 20.0 Å². The highest BCUT2D eigenvalue weighted by atomic mass is 16.6. The maximum atomic E-state index is 12.9. The first-order valence-electron chi connectivity index (χ1n) is 12.2. The Bertz CT molecular complexity index is 849. The molecule has 0 aromatic carbocycles. The molecule has 1 saturated heterocycles. The van der Waals surface area contributed by atoms with Gasteiger partial charge in [-0.2, -0.15) is 0 Å². The molecule has 0 spiro atoms. The Kier molecular flexibility index (Phi) is 9.45. The van der Waals surface area contributed by atoms with Crippen LogP contribution in [-0.4, -0.2) is 84.4 Å². The lowest BCUT2D eigenvalue weighted by Crippen LogP contribution is -2.46. The van der Waals surface area contributed by atoms with Gasteiger partial charge in [0.2, 0.25) is 23.6 Å². The summed E-state index contributed by atoms with van der Waals surface area (Å²) < 4.78 is 5.66. The van der Waals surface area contributed by atoms with Crippen LogP contribution in [0.5, 0.6) is 0 Å². The second-order valence-corrected chi connectivity index (χ2v) is 10.8. The quantitative estimate of drug-likeness (QED) is 0.431. The molecule has 10 heteroatoms. The molecule has 196 valence electrons. The molecule has 0 unspecified atom stereocenters. The second-order valence-electron chi connectivity index (χ2n) is 10.8. The molecular formula is C25H40N4O6. The lowest BCUT2D eigenvalue weighted by atomic mass is 9.78. The van der Waals surface area contributed by atoms with Crippen LogP contribution in [0.4, 0.5) is 4.79 Å². The van der Waals surface area contributed by atoms with E-state index in [1.165, 1.54) is 4.90 Å². The van der Waals surface area contributed by atoms with Crippen molar-refractivity contribution < 1.29 is 28.7 Å². The van der Waals surface area contributed by atoms with Crippen LogP contribution in [0.3, 0.4) is 0 Å². The number of likely N-dealkylation sites (tertiary alicyclic amines) is 1. The summed E-state index contributed by atoms with van der Waals surface area (Å²) in [4.78, 5) is 65.6. The summed E-state index contributed by atoms with van der Waals surface area (Å²) in [6.07, 6.45) is 5.33. The third-order valence-corrected chi connectivity index (χ3v) is 6.62. The summed E-state index contributed by atoms with van der Waals surface area (Å²) in [5.74, 6) is -0.774. The molecule has 1 aliphatic heterocycles. The number of rotatable bonds is 7. The third kappa shape index (κ3) is 7.80. The summed E-state index contributed by atoms with van der Waals surface area (Å²) in [5.41, 5.74) is -1.21. The van der Waals surface area contributed by atoms with Crippen LogP contribution in [0.2, 0.25) is 0 Å². The molecule has 2 aliphatic rings. The normalized spacial score (nSPS) is 23.8. The summed E-state index contributed by atoms with van der Waals surface area (Å²) in [6.45, 7) is 8.02. The van der Waals surface area contributed by atoms with Gasteiger partial charge in [-0.1, -0.05) is 33.8 Å². The minimum Gasteiger partial charge on any atom is -0.442 e. The van der Waals surface area contributed by atoms with E-state index < -0.39 is 23.0 Å². The molecule has 0 bridgehead atoms. The number of nitrogens with one attached hydrogen (secondary N) is 1. The zero-order valence-electron chi connectivity index (χ0n) is 21.9. The van der Waals surface area contributed by atoms with Gasteiger partial charge in [0.25, 0.3) is 0 Å². The first-order valence-corrected chi connectivity index (χ1v) is 12.2. The Morgan fingerprint density at radius 2 is 1.69 bits per heavy atom. The molecule has 2 rings (SSSR count). The van der Waals surface area contributed by atoms with Crippen molar-refractivity contribution in [3.05, 3.63) is 12.2 Å². The SMILES string of the molecule is CN(CCN(C)C(=O)C(C)(C)C)C(=O)O[C@H]1/C=C/CC[C@@](C)(C(=O)NCN2C(=O)CCC2=O)CC1.